The predicted molar refractivity (Wildman–Crippen MR) is 91.9 cm³/mol. The molecule has 0 atom stereocenters. The van der Waals surface area contributed by atoms with Crippen LogP contribution in [0.3, 0.4) is 0 Å². The van der Waals surface area contributed by atoms with Crippen molar-refractivity contribution in [1.82, 2.24) is 29.4 Å². The molecule has 0 spiro atoms. The van der Waals surface area contributed by atoms with E-state index in [1.165, 1.54) is 16.5 Å². The highest BCUT2D eigenvalue weighted by Crippen LogP contribution is 2.16. The standard InChI is InChI=1S/C14H18N6.2ClH/c1-18(2)5-6-20-14-7-12(3-4-13(14)8-17-20)9-19-10-15-16-11-19;;/h3-4,7-8,10-11H,5-6,9H2,1-2H3;2*1H. The number of aromatic nitrogens is 5. The van der Waals surface area contributed by atoms with E-state index in [4.69, 9.17) is 0 Å². The number of fused-ring (bicyclic) bond motifs is 1. The Morgan fingerprint density at radius 2 is 1.82 bits per heavy atom. The van der Waals surface area contributed by atoms with Gasteiger partial charge in [0.25, 0.3) is 0 Å². The van der Waals surface area contributed by atoms with E-state index < -0.39 is 0 Å². The van der Waals surface area contributed by atoms with Gasteiger partial charge in [0.15, 0.2) is 0 Å². The van der Waals surface area contributed by atoms with Crippen molar-refractivity contribution in [2.24, 2.45) is 0 Å². The number of rotatable bonds is 5. The zero-order valence-electron chi connectivity index (χ0n) is 12.6. The van der Waals surface area contributed by atoms with E-state index in [-0.39, 0.29) is 24.8 Å². The van der Waals surface area contributed by atoms with E-state index in [0.29, 0.717) is 0 Å². The first-order chi connectivity index (χ1) is 9.72. The van der Waals surface area contributed by atoms with Crippen molar-refractivity contribution in [3.8, 4) is 0 Å². The Kier molecular flexibility index (Phi) is 6.80. The van der Waals surface area contributed by atoms with Crippen molar-refractivity contribution in [1.29, 1.82) is 0 Å². The molecule has 0 amide bonds. The fourth-order valence-electron chi connectivity index (χ4n) is 2.20. The van der Waals surface area contributed by atoms with Crippen molar-refractivity contribution >= 4 is 35.7 Å². The molecule has 2 heterocycles. The molecule has 8 heteroatoms. The van der Waals surface area contributed by atoms with E-state index >= 15 is 0 Å². The number of halogens is 2. The Labute approximate surface area is 141 Å². The van der Waals surface area contributed by atoms with Crippen molar-refractivity contribution in [3.05, 3.63) is 42.6 Å². The van der Waals surface area contributed by atoms with Crippen LogP contribution in [0.2, 0.25) is 0 Å². The Morgan fingerprint density at radius 1 is 1.09 bits per heavy atom. The molecule has 0 bridgehead atoms. The smallest absolute Gasteiger partial charge is 0.119 e. The minimum Gasteiger partial charge on any atom is -0.316 e. The van der Waals surface area contributed by atoms with Gasteiger partial charge in [-0.2, -0.15) is 5.10 Å². The second-order valence-electron chi connectivity index (χ2n) is 5.20. The summed E-state index contributed by atoms with van der Waals surface area (Å²) in [7, 11) is 4.15. The van der Waals surface area contributed by atoms with Gasteiger partial charge in [-0.3, -0.25) is 4.68 Å². The molecule has 2 aromatic heterocycles. The fraction of sp³-hybridized carbons (Fsp3) is 0.357. The highest BCUT2D eigenvalue weighted by molar-refractivity contribution is 5.85. The molecule has 0 aliphatic rings. The number of hydrogen-bond acceptors (Lipinski definition) is 4. The fourth-order valence-corrected chi connectivity index (χ4v) is 2.20. The first-order valence-electron chi connectivity index (χ1n) is 6.64. The van der Waals surface area contributed by atoms with Gasteiger partial charge in [0.05, 0.1) is 24.8 Å². The van der Waals surface area contributed by atoms with E-state index in [1.54, 1.807) is 12.7 Å². The van der Waals surface area contributed by atoms with Gasteiger partial charge in [0.1, 0.15) is 12.7 Å². The molecule has 22 heavy (non-hydrogen) atoms. The van der Waals surface area contributed by atoms with E-state index in [2.05, 4.69) is 57.2 Å². The lowest BCUT2D eigenvalue weighted by atomic mass is 10.1. The molecule has 6 nitrogen and oxygen atoms in total. The highest BCUT2D eigenvalue weighted by atomic mass is 35.5. The zero-order valence-corrected chi connectivity index (χ0v) is 14.2. The Morgan fingerprint density at radius 3 is 2.50 bits per heavy atom. The topological polar surface area (TPSA) is 51.8 Å². The molecule has 0 fully saturated rings. The summed E-state index contributed by atoms with van der Waals surface area (Å²) in [6, 6.07) is 6.44. The number of likely N-dealkylation sites (N-methyl/N-ethyl adjacent to an activating group) is 1. The molecule has 120 valence electrons. The van der Waals surface area contributed by atoms with Gasteiger partial charge in [0.2, 0.25) is 0 Å². The zero-order chi connectivity index (χ0) is 13.9. The molecule has 0 N–H and O–H groups in total. The average molecular weight is 343 g/mol. The van der Waals surface area contributed by atoms with Crippen LogP contribution in [0.5, 0.6) is 0 Å². The lowest BCUT2D eigenvalue weighted by Gasteiger charge is -2.10. The molecule has 0 unspecified atom stereocenters. The molecule has 0 aliphatic heterocycles. The van der Waals surface area contributed by atoms with Crippen LogP contribution in [-0.2, 0) is 13.1 Å². The highest BCUT2D eigenvalue weighted by Gasteiger charge is 2.05. The van der Waals surface area contributed by atoms with Crippen molar-refractivity contribution in [2.75, 3.05) is 20.6 Å². The van der Waals surface area contributed by atoms with Gasteiger partial charge in [-0.15, -0.1) is 35.0 Å². The third-order valence-corrected chi connectivity index (χ3v) is 3.30. The lowest BCUT2D eigenvalue weighted by molar-refractivity contribution is 0.377. The molecule has 3 rings (SSSR count). The van der Waals surface area contributed by atoms with Gasteiger partial charge in [-0.25, -0.2) is 0 Å². The average Bonchev–Trinajstić information content (AvgIpc) is 3.05. The molecule has 0 saturated carbocycles. The molecular formula is C14H20Cl2N6. The largest absolute Gasteiger partial charge is 0.316 e. The third-order valence-electron chi connectivity index (χ3n) is 3.30. The summed E-state index contributed by atoms with van der Waals surface area (Å²) in [5, 5.41) is 13.3. The Hall–Kier alpha value is -1.63. The van der Waals surface area contributed by atoms with Crippen molar-refractivity contribution in [2.45, 2.75) is 13.1 Å². The second kappa shape index (κ2) is 8.12. The monoisotopic (exact) mass is 342 g/mol. The summed E-state index contributed by atoms with van der Waals surface area (Å²) in [5.74, 6) is 0. The SMILES string of the molecule is CN(C)CCn1ncc2ccc(Cn3cnnc3)cc21.Cl.Cl. The van der Waals surface area contributed by atoms with Crippen molar-refractivity contribution < 1.29 is 0 Å². The molecule has 0 radical (unpaired) electrons. The first kappa shape index (κ1) is 18.4. The van der Waals surface area contributed by atoms with E-state index in [9.17, 15) is 0 Å². The number of nitrogens with zero attached hydrogens (tertiary/aromatic N) is 6. The van der Waals surface area contributed by atoms with Gasteiger partial charge in [-0.05, 0) is 25.7 Å². The lowest BCUT2D eigenvalue weighted by Crippen LogP contribution is -2.18. The van der Waals surface area contributed by atoms with Crippen molar-refractivity contribution in [3.63, 3.8) is 0 Å². The first-order valence-corrected chi connectivity index (χ1v) is 6.64. The van der Waals surface area contributed by atoms with E-state index in [1.807, 2.05) is 10.8 Å². The van der Waals surface area contributed by atoms with Crippen LogP contribution in [0.25, 0.3) is 10.9 Å². The van der Waals surface area contributed by atoms with Crippen LogP contribution >= 0.6 is 24.8 Å². The molecule has 3 aromatic rings. The van der Waals surface area contributed by atoms with Crippen LogP contribution in [0.4, 0.5) is 0 Å². The summed E-state index contributed by atoms with van der Waals surface area (Å²) in [5.41, 5.74) is 2.40. The summed E-state index contributed by atoms with van der Waals surface area (Å²) in [6.07, 6.45) is 5.38. The number of benzene rings is 1. The minimum absolute atomic E-state index is 0. The van der Waals surface area contributed by atoms with Crippen LogP contribution < -0.4 is 0 Å². The van der Waals surface area contributed by atoms with Gasteiger partial charge in [-0.1, -0.05) is 12.1 Å². The maximum atomic E-state index is 4.46. The maximum absolute atomic E-state index is 4.46. The van der Waals surface area contributed by atoms with E-state index in [0.717, 1.165) is 19.6 Å². The van der Waals surface area contributed by atoms with Gasteiger partial charge in [0, 0.05) is 11.9 Å². The quantitative estimate of drug-likeness (QED) is 0.712. The number of hydrogen-bond donors (Lipinski definition) is 0. The molecule has 1 aromatic carbocycles. The molecule has 0 aliphatic carbocycles. The van der Waals surface area contributed by atoms with Crippen LogP contribution in [0, 0.1) is 0 Å². The maximum Gasteiger partial charge on any atom is 0.119 e. The van der Waals surface area contributed by atoms with Crippen LogP contribution in [0.15, 0.2) is 37.1 Å². The Balaban J connectivity index is 0.00000121. The molecule has 0 saturated heterocycles. The summed E-state index contributed by atoms with van der Waals surface area (Å²) in [6.45, 7) is 2.65. The van der Waals surface area contributed by atoms with Crippen LogP contribution in [0.1, 0.15) is 5.56 Å². The summed E-state index contributed by atoms with van der Waals surface area (Å²) < 4.78 is 4.02. The third kappa shape index (κ3) is 4.19. The second-order valence-corrected chi connectivity index (χ2v) is 5.20. The van der Waals surface area contributed by atoms with Gasteiger partial charge < -0.3 is 9.47 Å². The predicted octanol–water partition coefficient (Wildman–Crippen LogP) is 2.08. The van der Waals surface area contributed by atoms with Crippen LogP contribution in [-0.4, -0.2) is 50.1 Å². The molecular weight excluding hydrogens is 323 g/mol. The summed E-state index contributed by atoms with van der Waals surface area (Å²) in [4.78, 5) is 2.16. The van der Waals surface area contributed by atoms with Gasteiger partial charge >= 0.3 is 0 Å². The minimum atomic E-state index is 0. The summed E-state index contributed by atoms with van der Waals surface area (Å²) >= 11 is 0. The Bertz CT molecular complexity index is 693. The normalized spacial score (nSPS) is 10.5.